The summed E-state index contributed by atoms with van der Waals surface area (Å²) >= 11 is 0. The van der Waals surface area contributed by atoms with Crippen molar-refractivity contribution in [3.8, 4) is 11.1 Å². The number of nitrogens with zero attached hydrogens (tertiary/aromatic N) is 3. The predicted octanol–water partition coefficient (Wildman–Crippen LogP) is 3.59. The monoisotopic (exact) mass is 417 g/mol. The number of carbonyl (C=O) groups is 1. The third-order valence-corrected chi connectivity index (χ3v) is 5.78. The van der Waals surface area contributed by atoms with Crippen LogP contribution in [0.15, 0.2) is 53.5 Å². The highest BCUT2D eigenvalue weighted by molar-refractivity contribution is 6.04. The maximum Gasteiger partial charge on any atom is 0.262 e. The van der Waals surface area contributed by atoms with Crippen LogP contribution in [-0.2, 0) is 6.54 Å². The number of fused-ring (bicyclic) bond motifs is 3. The second-order valence-corrected chi connectivity index (χ2v) is 7.88. The predicted molar refractivity (Wildman–Crippen MR) is 124 cm³/mol. The molecule has 0 aliphatic carbocycles. The Balaban J connectivity index is 1.70. The van der Waals surface area contributed by atoms with Crippen molar-refractivity contribution >= 4 is 27.7 Å². The van der Waals surface area contributed by atoms with Gasteiger partial charge >= 0.3 is 0 Å². The van der Waals surface area contributed by atoms with Gasteiger partial charge in [0.25, 0.3) is 11.5 Å². The summed E-state index contributed by atoms with van der Waals surface area (Å²) in [5.74, 6) is -0.0907. The molecule has 7 nitrogen and oxygen atoms in total. The van der Waals surface area contributed by atoms with Crippen molar-refractivity contribution in [2.24, 2.45) is 0 Å². The largest absolute Gasteiger partial charge is 0.337 e. The van der Waals surface area contributed by atoms with Crippen LogP contribution in [0.3, 0.4) is 0 Å². The van der Waals surface area contributed by atoms with Crippen LogP contribution >= 0.6 is 0 Å². The van der Waals surface area contributed by atoms with E-state index in [4.69, 9.17) is 0 Å². The molecule has 0 saturated heterocycles. The zero-order valence-electron chi connectivity index (χ0n) is 18.3. The number of aryl methyl sites for hydroxylation is 1. The highest BCUT2D eigenvalue weighted by Crippen LogP contribution is 2.27. The van der Waals surface area contributed by atoms with Crippen LogP contribution in [0.2, 0.25) is 0 Å². The normalized spacial score (nSPS) is 12.5. The van der Waals surface area contributed by atoms with Gasteiger partial charge in [0.05, 0.1) is 28.8 Å². The van der Waals surface area contributed by atoms with E-state index < -0.39 is 0 Å². The van der Waals surface area contributed by atoms with Crippen LogP contribution < -0.4 is 10.9 Å². The van der Waals surface area contributed by atoms with Gasteiger partial charge in [-0.1, -0.05) is 31.2 Å². The first-order chi connectivity index (χ1) is 14.9. The molecule has 7 heteroatoms. The van der Waals surface area contributed by atoms with Crippen molar-refractivity contribution in [2.45, 2.75) is 33.0 Å². The third-order valence-electron chi connectivity index (χ3n) is 5.78. The molecule has 0 spiro atoms. The average Bonchev–Trinajstić information content (AvgIpc) is 3.28. The number of aromatic amines is 1. The highest BCUT2D eigenvalue weighted by Gasteiger charge is 2.15. The summed E-state index contributed by atoms with van der Waals surface area (Å²) < 4.78 is 1.77. The summed E-state index contributed by atoms with van der Waals surface area (Å²) in [6.07, 6.45) is 2.41. The van der Waals surface area contributed by atoms with Crippen LogP contribution in [0.1, 0.15) is 30.6 Å². The van der Waals surface area contributed by atoms with Crippen LogP contribution in [-0.4, -0.2) is 45.8 Å². The van der Waals surface area contributed by atoms with Gasteiger partial charge in [-0.2, -0.15) is 5.10 Å². The van der Waals surface area contributed by atoms with Gasteiger partial charge in [-0.15, -0.1) is 0 Å². The Hall–Kier alpha value is -3.45. The molecule has 4 aromatic rings. The second-order valence-electron chi connectivity index (χ2n) is 7.88. The molecule has 2 aromatic heterocycles. The number of hydrogen-bond donors (Lipinski definition) is 2. The lowest BCUT2D eigenvalue weighted by atomic mass is 10.0. The van der Waals surface area contributed by atoms with E-state index in [2.05, 4.69) is 15.5 Å². The summed E-state index contributed by atoms with van der Waals surface area (Å²) in [6.45, 7) is 4.58. The van der Waals surface area contributed by atoms with Crippen LogP contribution in [0, 0.1) is 0 Å². The quantitative estimate of drug-likeness (QED) is 0.470. The van der Waals surface area contributed by atoms with Gasteiger partial charge in [0.1, 0.15) is 0 Å². The standard InChI is InChI=1S/C24H27N5O2/c1-5-21(28(3)4)26-23(30)16-9-7-15(8-10-16)17-11-12-18-20(13-17)29(6-2)24(31)19-14-25-27-22(18)19/h7-14,21H,5-6H2,1-4H3,(H,25,27)(H,26,30). The Morgan fingerprint density at radius 2 is 1.81 bits per heavy atom. The van der Waals surface area contributed by atoms with E-state index in [9.17, 15) is 9.59 Å². The van der Waals surface area contributed by atoms with Gasteiger partial charge in [-0.05, 0) is 56.8 Å². The maximum atomic E-state index is 12.8. The van der Waals surface area contributed by atoms with E-state index in [1.807, 2.05) is 75.3 Å². The summed E-state index contributed by atoms with van der Waals surface area (Å²) in [5, 5.41) is 11.6. The molecule has 0 aliphatic heterocycles. The Morgan fingerprint density at radius 3 is 2.45 bits per heavy atom. The Bertz CT molecular complexity index is 1300. The minimum atomic E-state index is -0.0907. The van der Waals surface area contributed by atoms with Gasteiger partial charge in [-0.25, -0.2) is 0 Å². The van der Waals surface area contributed by atoms with Crippen molar-refractivity contribution in [1.82, 2.24) is 25.0 Å². The SMILES string of the molecule is CCC(NC(=O)c1ccc(-c2ccc3c4[nH]ncc4c(=O)n(CC)c3c2)cc1)N(C)C. The van der Waals surface area contributed by atoms with Crippen molar-refractivity contribution in [1.29, 1.82) is 0 Å². The van der Waals surface area contributed by atoms with Crippen LogP contribution in [0.4, 0.5) is 0 Å². The number of rotatable bonds is 6. The molecule has 1 amide bonds. The molecule has 1 atom stereocenters. The fraction of sp³-hybridized carbons (Fsp3) is 0.292. The molecular weight excluding hydrogens is 390 g/mol. The van der Waals surface area contributed by atoms with E-state index in [-0.39, 0.29) is 17.6 Å². The first-order valence-electron chi connectivity index (χ1n) is 10.5. The van der Waals surface area contributed by atoms with E-state index in [0.29, 0.717) is 17.5 Å². The number of pyridine rings is 1. The molecule has 0 radical (unpaired) electrons. The van der Waals surface area contributed by atoms with Gasteiger partial charge in [0, 0.05) is 17.5 Å². The molecule has 0 saturated carbocycles. The highest BCUT2D eigenvalue weighted by atomic mass is 16.2. The Kier molecular flexibility index (Phi) is 5.61. The molecule has 0 fully saturated rings. The number of benzene rings is 2. The molecule has 0 aliphatic rings. The minimum absolute atomic E-state index is 0.00208. The maximum absolute atomic E-state index is 12.8. The van der Waals surface area contributed by atoms with Gasteiger partial charge in [0.2, 0.25) is 0 Å². The van der Waals surface area contributed by atoms with Gasteiger partial charge in [0.15, 0.2) is 0 Å². The third kappa shape index (κ3) is 3.72. The molecule has 2 heterocycles. The first kappa shape index (κ1) is 20.8. The molecule has 160 valence electrons. The smallest absolute Gasteiger partial charge is 0.262 e. The van der Waals surface area contributed by atoms with Gasteiger partial charge < -0.3 is 9.88 Å². The number of hydrogen-bond acceptors (Lipinski definition) is 4. The van der Waals surface area contributed by atoms with Crippen molar-refractivity contribution in [3.63, 3.8) is 0 Å². The number of amides is 1. The molecule has 0 bridgehead atoms. The topological polar surface area (TPSA) is 83.0 Å². The van der Waals surface area contributed by atoms with Gasteiger partial charge in [-0.3, -0.25) is 19.6 Å². The second kappa shape index (κ2) is 8.35. The Morgan fingerprint density at radius 1 is 1.10 bits per heavy atom. The van der Waals surface area contributed by atoms with Crippen molar-refractivity contribution in [3.05, 3.63) is 64.6 Å². The number of H-pyrrole nitrogens is 1. The lowest BCUT2D eigenvalue weighted by molar-refractivity contribution is 0.0887. The van der Waals surface area contributed by atoms with Crippen LogP contribution in [0.25, 0.3) is 32.9 Å². The van der Waals surface area contributed by atoms with Crippen molar-refractivity contribution in [2.75, 3.05) is 14.1 Å². The summed E-state index contributed by atoms with van der Waals surface area (Å²) in [7, 11) is 3.90. The van der Waals surface area contributed by atoms with E-state index in [0.717, 1.165) is 34.0 Å². The van der Waals surface area contributed by atoms with E-state index in [1.54, 1.807) is 10.8 Å². The minimum Gasteiger partial charge on any atom is -0.337 e. The Labute approximate surface area is 180 Å². The molecule has 4 rings (SSSR count). The number of aromatic nitrogens is 3. The fourth-order valence-electron chi connectivity index (χ4n) is 4.01. The van der Waals surface area contributed by atoms with E-state index >= 15 is 0 Å². The summed E-state index contributed by atoms with van der Waals surface area (Å²) in [4.78, 5) is 27.4. The first-order valence-corrected chi connectivity index (χ1v) is 10.5. The van der Waals surface area contributed by atoms with E-state index in [1.165, 1.54) is 0 Å². The summed E-state index contributed by atoms with van der Waals surface area (Å²) in [5.41, 5.74) is 4.16. The lowest BCUT2D eigenvalue weighted by Crippen LogP contribution is -2.44. The molecule has 2 N–H and O–H groups in total. The lowest BCUT2D eigenvalue weighted by Gasteiger charge is -2.24. The molecular formula is C24H27N5O2. The zero-order valence-corrected chi connectivity index (χ0v) is 18.3. The molecule has 1 unspecified atom stereocenters. The average molecular weight is 418 g/mol. The number of nitrogens with one attached hydrogen (secondary N) is 2. The van der Waals surface area contributed by atoms with Crippen molar-refractivity contribution < 1.29 is 4.79 Å². The summed E-state index contributed by atoms with van der Waals surface area (Å²) in [6, 6.07) is 13.6. The zero-order chi connectivity index (χ0) is 22.1. The van der Waals surface area contributed by atoms with Crippen LogP contribution in [0.5, 0.6) is 0 Å². The number of carbonyl (C=O) groups excluding carboxylic acids is 1. The molecule has 2 aromatic carbocycles. The fourth-order valence-corrected chi connectivity index (χ4v) is 4.01. The molecule has 31 heavy (non-hydrogen) atoms.